The van der Waals surface area contributed by atoms with Gasteiger partial charge in [-0.1, -0.05) is 68.8 Å². The minimum atomic E-state index is -0.471. The van der Waals surface area contributed by atoms with Gasteiger partial charge in [0.15, 0.2) is 0 Å². The van der Waals surface area contributed by atoms with Crippen molar-refractivity contribution in [3.63, 3.8) is 0 Å². The molecule has 1 aliphatic rings. The number of aliphatic hydroxyl groups excluding tert-OH is 1. The third-order valence-electron chi connectivity index (χ3n) is 6.35. The van der Waals surface area contributed by atoms with Gasteiger partial charge in [0, 0.05) is 5.56 Å². The van der Waals surface area contributed by atoms with E-state index < -0.39 is 6.10 Å². The lowest BCUT2D eigenvalue weighted by Crippen LogP contribution is -2.53. The predicted octanol–water partition coefficient (Wildman–Crippen LogP) is 5.62. The predicted molar refractivity (Wildman–Crippen MR) is 125 cm³/mol. The van der Waals surface area contributed by atoms with Gasteiger partial charge >= 0.3 is 0 Å². The number of hydrogen-bond acceptors (Lipinski definition) is 2. The first-order valence-electron chi connectivity index (χ1n) is 11.6. The Bertz CT molecular complexity index is 786. The number of aryl methyl sites for hydroxylation is 1. The fraction of sp³-hybridized carbons (Fsp3) is 0.556. The molecular weight excluding hydrogens is 370 g/mol. The molecule has 0 unspecified atom stereocenters. The fourth-order valence-corrected chi connectivity index (χ4v) is 4.78. The van der Waals surface area contributed by atoms with Crippen LogP contribution in [-0.2, 0) is 12.0 Å². The SMILES string of the molecule is Cc1ccc(OC[C@H](O)C[N+]2(Cc3ccccc3)CCCCCC2)c(C(C)(C)C)c1. The van der Waals surface area contributed by atoms with Gasteiger partial charge in [0.1, 0.15) is 31.5 Å². The normalized spacial score (nSPS) is 17.9. The van der Waals surface area contributed by atoms with Crippen LogP contribution in [0.5, 0.6) is 5.75 Å². The molecule has 0 bridgehead atoms. The zero-order chi connectivity index (χ0) is 21.6. The molecule has 1 N–H and O–H groups in total. The number of likely N-dealkylation sites (tertiary alicyclic amines) is 1. The molecule has 0 amide bonds. The van der Waals surface area contributed by atoms with Gasteiger partial charge in [0.2, 0.25) is 0 Å². The largest absolute Gasteiger partial charge is 0.490 e. The van der Waals surface area contributed by atoms with Crippen LogP contribution in [0.3, 0.4) is 0 Å². The lowest BCUT2D eigenvalue weighted by Gasteiger charge is -2.39. The maximum atomic E-state index is 11.0. The second-order valence-electron chi connectivity index (χ2n) is 10.2. The Balaban J connectivity index is 1.70. The van der Waals surface area contributed by atoms with Crippen LogP contribution in [0.15, 0.2) is 48.5 Å². The molecule has 2 aromatic rings. The van der Waals surface area contributed by atoms with Crippen molar-refractivity contribution >= 4 is 0 Å². The molecule has 1 fully saturated rings. The van der Waals surface area contributed by atoms with E-state index in [2.05, 4.69) is 76.2 Å². The first-order chi connectivity index (χ1) is 14.3. The Kier molecular flexibility index (Phi) is 7.60. The first kappa shape index (κ1) is 22.8. The zero-order valence-corrected chi connectivity index (χ0v) is 19.4. The minimum absolute atomic E-state index is 0.0121. The highest BCUT2D eigenvalue weighted by Crippen LogP contribution is 2.32. The number of rotatable bonds is 7. The molecule has 0 radical (unpaired) electrons. The molecular formula is C27H40NO2+. The summed E-state index contributed by atoms with van der Waals surface area (Å²) < 4.78 is 7.16. The minimum Gasteiger partial charge on any atom is -0.490 e. The van der Waals surface area contributed by atoms with Crippen LogP contribution in [0.25, 0.3) is 0 Å². The van der Waals surface area contributed by atoms with Gasteiger partial charge in [-0.3, -0.25) is 0 Å². The lowest BCUT2D eigenvalue weighted by atomic mass is 9.85. The molecule has 164 valence electrons. The molecule has 1 saturated heterocycles. The summed E-state index contributed by atoms with van der Waals surface area (Å²) in [5.74, 6) is 0.901. The molecule has 0 saturated carbocycles. The standard InChI is InChI=1S/C27H40NO2/c1-22-14-15-26(25(18-22)27(2,3)4)30-21-24(29)20-28(16-10-5-6-11-17-28)19-23-12-8-7-9-13-23/h7-9,12-15,18,24,29H,5-6,10-11,16-17,19-21H2,1-4H3/q+1/t24-/m1/s1. The van der Waals surface area contributed by atoms with E-state index in [1.807, 2.05) is 0 Å². The van der Waals surface area contributed by atoms with Crippen molar-refractivity contribution in [3.8, 4) is 5.75 Å². The highest BCUT2D eigenvalue weighted by atomic mass is 16.5. The second-order valence-corrected chi connectivity index (χ2v) is 10.2. The first-order valence-corrected chi connectivity index (χ1v) is 11.6. The molecule has 0 aromatic heterocycles. The Morgan fingerprint density at radius 1 is 0.967 bits per heavy atom. The van der Waals surface area contributed by atoms with Crippen LogP contribution in [0, 0.1) is 6.92 Å². The topological polar surface area (TPSA) is 29.5 Å². The van der Waals surface area contributed by atoms with Crippen LogP contribution in [0.4, 0.5) is 0 Å². The summed E-state index contributed by atoms with van der Waals surface area (Å²) >= 11 is 0. The Labute approximate surface area is 183 Å². The lowest BCUT2D eigenvalue weighted by molar-refractivity contribution is -0.942. The van der Waals surface area contributed by atoms with Gasteiger partial charge in [-0.25, -0.2) is 0 Å². The average molecular weight is 411 g/mol. The van der Waals surface area contributed by atoms with Crippen molar-refractivity contribution in [1.82, 2.24) is 0 Å². The number of quaternary nitrogens is 1. The molecule has 1 atom stereocenters. The Morgan fingerprint density at radius 2 is 1.63 bits per heavy atom. The summed E-state index contributed by atoms with van der Waals surface area (Å²) in [6, 6.07) is 17.1. The Hall–Kier alpha value is -1.84. The van der Waals surface area contributed by atoms with Crippen LogP contribution in [0.2, 0.25) is 0 Å². The highest BCUT2D eigenvalue weighted by Gasteiger charge is 2.32. The van der Waals surface area contributed by atoms with E-state index in [9.17, 15) is 5.11 Å². The van der Waals surface area contributed by atoms with Gasteiger partial charge in [0.05, 0.1) is 13.1 Å². The zero-order valence-electron chi connectivity index (χ0n) is 19.4. The van der Waals surface area contributed by atoms with E-state index in [0.29, 0.717) is 6.61 Å². The smallest absolute Gasteiger partial charge is 0.137 e. The van der Waals surface area contributed by atoms with Crippen molar-refractivity contribution < 1.29 is 14.3 Å². The Morgan fingerprint density at radius 3 is 2.27 bits per heavy atom. The van der Waals surface area contributed by atoms with Crippen LogP contribution in [-0.4, -0.2) is 41.9 Å². The molecule has 1 heterocycles. The van der Waals surface area contributed by atoms with Crippen molar-refractivity contribution in [2.45, 2.75) is 71.4 Å². The third-order valence-corrected chi connectivity index (χ3v) is 6.35. The van der Waals surface area contributed by atoms with Gasteiger partial charge < -0.3 is 14.3 Å². The van der Waals surface area contributed by atoms with Crippen LogP contribution >= 0.6 is 0 Å². The summed E-state index contributed by atoms with van der Waals surface area (Å²) in [6.07, 6.45) is 4.62. The van der Waals surface area contributed by atoms with E-state index in [-0.39, 0.29) is 5.41 Å². The number of benzene rings is 2. The summed E-state index contributed by atoms with van der Waals surface area (Å²) in [6.45, 7) is 13.1. The van der Waals surface area contributed by atoms with Gasteiger partial charge in [0.25, 0.3) is 0 Å². The maximum Gasteiger partial charge on any atom is 0.137 e. The number of hydrogen-bond donors (Lipinski definition) is 1. The van der Waals surface area contributed by atoms with Crippen molar-refractivity contribution in [2.75, 3.05) is 26.2 Å². The van der Waals surface area contributed by atoms with E-state index in [4.69, 9.17) is 4.74 Å². The average Bonchev–Trinajstić information content (AvgIpc) is 2.92. The molecule has 2 aromatic carbocycles. The van der Waals surface area contributed by atoms with E-state index >= 15 is 0 Å². The van der Waals surface area contributed by atoms with E-state index in [0.717, 1.165) is 36.4 Å². The monoisotopic (exact) mass is 410 g/mol. The van der Waals surface area contributed by atoms with Gasteiger partial charge in [-0.05, 0) is 49.7 Å². The third kappa shape index (κ3) is 6.33. The molecule has 0 spiro atoms. The molecule has 3 nitrogen and oxygen atoms in total. The summed E-state index contributed by atoms with van der Waals surface area (Å²) in [4.78, 5) is 0. The van der Waals surface area contributed by atoms with Gasteiger partial charge in [-0.2, -0.15) is 0 Å². The van der Waals surface area contributed by atoms with Crippen LogP contribution < -0.4 is 4.74 Å². The van der Waals surface area contributed by atoms with Crippen molar-refractivity contribution in [2.24, 2.45) is 0 Å². The highest BCUT2D eigenvalue weighted by molar-refractivity contribution is 5.41. The number of nitrogens with zero attached hydrogens (tertiary/aromatic N) is 1. The van der Waals surface area contributed by atoms with Crippen molar-refractivity contribution in [3.05, 3.63) is 65.2 Å². The van der Waals surface area contributed by atoms with E-state index in [1.165, 1.54) is 42.4 Å². The fourth-order valence-electron chi connectivity index (χ4n) is 4.78. The molecule has 3 rings (SSSR count). The summed E-state index contributed by atoms with van der Waals surface area (Å²) in [5.41, 5.74) is 3.82. The molecule has 3 heteroatoms. The quantitative estimate of drug-likeness (QED) is 0.600. The number of ether oxygens (including phenoxy) is 1. The van der Waals surface area contributed by atoms with E-state index in [1.54, 1.807) is 0 Å². The van der Waals surface area contributed by atoms with Crippen molar-refractivity contribution in [1.29, 1.82) is 0 Å². The van der Waals surface area contributed by atoms with Crippen LogP contribution in [0.1, 0.15) is 63.1 Å². The maximum absolute atomic E-state index is 11.0. The molecule has 1 aliphatic heterocycles. The molecule has 30 heavy (non-hydrogen) atoms. The molecule has 0 aliphatic carbocycles. The second kappa shape index (κ2) is 9.98. The summed E-state index contributed by atoms with van der Waals surface area (Å²) in [5, 5.41) is 11.0. The summed E-state index contributed by atoms with van der Waals surface area (Å²) in [7, 11) is 0. The van der Waals surface area contributed by atoms with Gasteiger partial charge in [-0.15, -0.1) is 0 Å². The number of aliphatic hydroxyl groups is 1.